The average molecular weight is 236 g/mol. The predicted molar refractivity (Wildman–Crippen MR) is 68.7 cm³/mol. The highest BCUT2D eigenvalue weighted by atomic mass is 16.5. The van der Waals surface area contributed by atoms with Gasteiger partial charge in [-0.1, -0.05) is 0 Å². The zero-order valence-electron chi connectivity index (χ0n) is 10.9. The largest absolute Gasteiger partial charge is 0.380 e. The fourth-order valence-electron chi connectivity index (χ4n) is 2.28. The van der Waals surface area contributed by atoms with Gasteiger partial charge in [-0.2, -0.15) is 0 Å². The summed E-state index contributed by atoms with van der Waals surface area (Å²) in [5.41, 5.74) is 1.11. The van der Waals surface area contributed by atoms with Crippen LogP contribution in [0.5, 0.6) is 0 Å². The minimum absolute atomic E-state index is 0.322. The third kappa shape index (κ3) is 2.34. The number of ether oxygens (including phenoxy) is 1. The topological polar surface area (TPSA) is 50.3 Å². The third-order valence-electron chi connectivity index (χ3n) is 3.25. The lowest BCUT2D eigenvalue weighted by Crippen LogP contribution is -2.24. The molecular weight excluding hydrogens is 216 g/mol. The van der Waals surface area contributed by atoms with E-state index in [-0.39, 0.29) is 0 Å². The van der Waals surface area contributed by atoms with Gasteiger partial charge >= 0.3 is 0 Å². The highest BCUT2D eigenvalue weighted by Gasteiger charge is 2.25. The van der Waals surface area contributed by atoms with Crippen molar-refractivity contribution in [2.45, 2.75) is 26.4 Å². The van der Waals surface area contributed by atoms with Crippen molar-refractivity contribution in [3.8, 4) is 0 Å². The van der Waals surface area contributed by atoms with Crippen molar-refractivity contribution < 1.29 is 4.74 Å². The minimum Gasteiger partial charge on any atom is -0.380 e. The monoisotopic (exact) mass is 236 g/mol. The van der Waals surface area contributed by atoms with Crippen molar-refractivity contribution in [3.05, 3.63) is 11.4 Å². The lowest BCUT2D eigenvalue weighted by molar-refractivity contribution is 0.121. The van der Waals surface area contributed by atoms with Crippen LogP contribution in [0.15, 0.2) is 0 Å². The fourth-order valence-corrected chi connectivity index (χ4v) is 2.28. The summed E-state index contributed by atoms with van der Waals surface area (Å²) >= 11 is 0. The molecule has 5 heteroatoms. The Balaban J connectivity index is 2.29. The molecule has 1 aliphatic rings. The van der Waals surface area contributed by atoms with E-state index in [2.05, 4.69) is 27.1 Å². The van der Waals surface area contributed by atoms with Crippen LogP contribution in [-0.2, 0) is 4.74 Å². The maximum absolute atomic E-state index is 5.39. The first-order valence-corrected chi connectivity index (χ1v) is 5.96. The fraction of sp³-hybridized carbons (Fsp3) is 0.667. The first-order valence-electron chi connectivity index (χ1n) is 5.96. The van der Waals surface area contributed by atoms with E-state index in [0.717, 1.165) is 42.5 Å². The molecule has 0 spiro atoms. The Labute approximate surface area is 102 Å². The van der Waals surface area contributed by atoms with Crippen molar-refractivity contribution in [2.75, 3.05) is 37.5 Å². The van der Waals surface area contributed by atoms with E-state index >= 15 is 0 Å². The van der Waals surface area contributed by atoms with Crippen LogP contribution < -0.4 is 10.2 Å². The molecule has 5 nitrogen and oxygen atoms in total. The maximum Gasteiger partial charge on any atom is 0.137 e. The van der Waals surface area contributed by atoms with E-state index in [0.29, 0.717) is 6.10 Å². The van der Waals surface area contributed by atoms with Crippen molar-refractivity contribution in [3.63, 3.8) is 0 Å². The van der Waals surface area contributed by atoms with Gasteiger partial charge in [-0.25, -0.2) is 9.97 Å². The summed E-state index contributed by atoms with van der Waals surface area (Å²) in [5, 5.41) is 3.12. The number of hydrogen-bond donors (Lipinski definition) is 1. The van der Waals surface area contributed by atoms with E-state index < -0.39 is 0 Å². The van der Waals surface area contributed by atoms with Gasteiger partial charge < -0.3 is 15.0 Å². The molecule has 94 valence electrons. The van der Waals surface area contributed by atoms with Gasteiger partial charge in [0.15, 0.2) is 0 Å². The molecule has 2 rings (SSSR count). The second-order valence-electron chi connectivity index (χ2n) is 4.41. The van der Waals surface area contributed by atoms with Gasteiger partial charge in [0.25, 0.3) is 0 Å². The number of nitrogens with one attached hydrogen (secondary N) is 1. The minimum atomic E-state index is 0.322. The van der Waals surface area contributed by atoms with Crippen LogP contribution in [0, 0.1) is 13.8 Å². The Morgan fingerprint density at radius 1 is 1.35 bits per heavy atom. The van der Waals surface area contributed by atoms with Crippen LogP contribution in [-0.4, -0.2) is 43.3 Å². The van der Waals surface area contributed by atoms with E-state index in [1.54, 1.807) is 7.11 Å². The summed E-state index contributed by atoms with van der Waals surface area (Å²) < 4.78 is 5.39. The number of nitrogens with zero attached hydrogens (tertiary/aromatic N) is 3. The summed E-state index contributed by atoms with van der Waals surface area (Å²) in [6.45, 7) is 5.89. The molecule has 1 unspecified atom stereocenters. The molecule has 1 aromatic rings. The molecular formula is C12H20N4O. The second-order valence-corrected chi connectivity index (χ2v) is 4.41. The van der Waals surface area contributed by atoms with Crippen molar-refractivity contribution in [1.82, 2.24) is 9.97 Å². The van der Waals surface area contributed by atoms with Crippen molar-refractivity contribution in [1.29, 1.82) is 0 Å². The number of aromatic nitrogens is 2. The number of methoxy groups -OCH3 is 1. The molecule has 1 fully saturated rings. The first-order chi connectivity index (χ1) is 8.15. The summed E-state index contributed by atoms with van der Waals surface area (Å²) in [6.07, 6.45) is 1.39. The van der Waals surface area contributed by atoms with Gasteiger partial charge in [-0.3, -0.25) is 0 Å². The standard InChI is InChI=1S/C12H20N4O/c1-8-11(13-3)14-9(2)15-12(8)16-6-5-10(7-16)17-4/h10H,5-7H2,1-4H3,(H,13,14,15). The quantitative estimate of drug-likeness (QED) is 0.858. The predicted octanol–water partition coefficient (Wildman–Crippen LogP) is 1.36. The zero-order valence-corrected chi connectivity index (χ0v) is 10.9. The van der Waals surface area contributed by atoms with Gasteiger partial charge in [0.2, 0.25) is 0 Å². The SMILES string of the molecule is CNc1nc(C)nc(N2CCC(OC)C2)c1C. The molecule has 1 saturated heterocycles. The molecule has 1 aromatic heterocycles. The van der Waals surface area contributed by atoms with Crippen molar-refractivity contribution >= 4 is 11.6 Å². The van der Waals surface area contributed by atoms with Gasteiger partial charge in [0, 0.05) is 32.8 Å². The third-order valence-corrected chi connectivity index (χ3v) is 3.25. The van der Waals surface area contributed by atoms with Crippen LogP contribution in [0.25, 0.3) is 0 Å². The molecule has 0 bridgehead atoms. The van der Waals surface area contributed by atoms with Crippen LogP contribution in [0.4, 0.5) is 11.6 Å². The summed E-state index contributed by atoms with van der Waals surface area (Å²) in [7, 11) is 3.66. The Morgan fingerprint density at radius 2 is 2.12 bits per heavy atom. The Hall–Kier alpha value is -1.36. The number of rotatable bonds is 3. The van der Waals surface area contributed by atoms with Crippen molar-refractivity contribution in [2.24, 2.45) is 0 Å². The van der Waals surface area contributed by atoms with E-state index in [1.807, 2.05) is 14.0 Å². The zero-order chi connectivity index (χ0) is 12.4. The lowest BCUT2D eigenvalue weighted by atomic mass is 10.3. The highest BCUT2D eigenvalue weighted by molar-refractivity contribution is 5.58. The van der Waals surface area contributed by atoms with Crippen LogP contribution in [0.3, 0.4) is 0 Å². The summed E-state index contributed by atoms with van der Waals surface area (Å²) in [5.74, 6) is 2.74. The second kappa shape index (κ2) is 4.87. The van der Waals surface area contributed by atoms with Gasteiger partial charge in [-0.15, -0.1) is 0 Å². The van der Waals surface area contributed by atoms with E-state index in [4.69, 9.17) is 4.74 Å². The highest BCUT2D eigenvalue weighted by Crippen LogP contribution is 2.26. The Morgan fingerprint density at radius 3 is 2.71 bits per heavy atom. The van der Waals surface area contributed by atoms with Crippen LogP contribution >= 0.6 is 0 Å². The molecule has 1 N–H and O–H groups in total. The first kappa shape index (κ1) is 12.1. The molecule has 0 aromatic carbocycles. The number of aryl methyl sites for hydroxylation is 1. The molecule has 0 aliphatic carbocycles. The molecule has 17 heavy (non-hydrogen) atoms. The summed E-state index contributed by atoms with van der Waals surface area (Å²) in [4.78, 5) is 11.2. The van der Waals surface area contributed by atoms with Gasteiger partial charge in [0.1, 0.15) is 17.5 Å². The van der Waals surface area contributed by atoms with Crippen LogP contribution in [0.2, 0.25) is 0 Å². The van der Waals surface area contributed by atoms with Gasteiger partial charge in [-0.05, 0) is 20.3 Å². The van der Waals surface area contributed by atoms with Crippen LogP contribution in [0.1, 0.15) is 17.8 Å². The molecule has 1 aliphatic heterocycles. The Kier molecular flexibility index (Phi) is 3.47. The number of anilines is 2. The molecule has 0 radical (unpaired) electrons. The maximum atomic E-state index is 5.39. The molecule has 1 atom stereocenters. The summed E-state index contributed by atoms with van der Waals surface area (Å²) in [6, 6.07) is 0. The average Bonchev–Trinajstić information content (AvgIpc) is 2.80. The van der Waals surface area contributed by atoms with E-state index in [1.165, 1.54) is 0 Å². The van der Waals surface area contributed by atoms with E-state index in [9.17, 15) is 0 Å². The molecule has 0 amide bonds. The lowest BCUT2D eigenvalue weighted by Gasteiger charge is -2.21. The number of hydrogen-bond acceptors (Lipinski definition) is 5. The molecule has 2 heterocycles. The molecule has 0 saturated carbocycles. The van der Waals surface area contributed by atoms with Gasteiger partial charge in [0.05, 0.1) is 6.10 Å². The Bertz CT molecular complexity index is 408. The smallest absolute Gasteiger partial charge is 0.137 e. The normalized spacial score (nSPS) is 19.8.